The second-order valence-electron chi connectivity index (χ2n) is 4.42. The topological polar surface area (TPSA) is 96.2 Å². The van der Waals surface area contributed by atoms with Gasteiger partial charge in [-0.05, 0) is 6.07 Å². The van der Waals surface area contributed by atoms with Gasteiger partial charge in [-0.2, -0.15) is 9.49 Å². The maximum Gasteiger partial charge on any atom is 0.304 e. The lowest BCUT2D eigenvalue weighted by Crippen LogP contribution is -2.13. The fourth-order valence-corrected chi connectivity index (χ4v) is 2.25. The Labute approximate surface area is 112 Å². The molecule has 2 aromatic rings. The highest BCUT2D eigenvalue weighted by Gasteiger charge is 2.22. The third-order valence-electron chi connectivity index (χ3n) is 3.22. The second kappa shape index (κ2) is 4.57. The van der Waals surface area contributed by atoms with Crippen molar-refractivity contribution in [3.63, 3.8) is 0 Å². The second-order valence-corrected chi connectivity index (χ2v) is 4.42. The number of nitrogens with two attached hydrogens (primary N) is 1. The van der Waals surface area contributed by atoms with Gasteiger partial charge in [0.25, 0.3) is 0 Å². The monoisotopic (exact) mass is 278 g/mol. The van der Waals surface area contributed by atoms with E-state index in [9.17, 15) is 14.5 Å². The number of nitrogen functional groups attached to an aromatic ring is 1. The van der Waals surface area contributed by atoms with E-state index in [-0.39, 0.29) is 0 Å². The van der Waals surface area contributed by atoms with Gasteiger partial charge in [0.2, 0.25) is 5.82 Å². The van der Waals surface area contributed by atoms with Crippen molar-refractivity contribution in [2.45, 2.75) is 13.0 Å². The highest BCUT2D eigenvalue weighted by molar-refractivity contribution is 5.49. The van der Waals surface area contributed by atoms with Crippen LogP contribution >= 0.6 is 0 Å². The van der Waals surface area contributed by atoms with E-state index in [1.54, 1.807) is 0 Å². The van der Waals surface area contributed by atoms with E-state index >= 15 is 0 Å². The number of hydrogen-bond acceptors (Lipinski definition) is 5. The van der Waals surface area contributed by atoms with Crippen molar-refractivity contribution in [3.8, 4) is 5.69 Å². The molecule has 8 heteroatoms. The summed E-state index contributed by atoms with van der Waals surface area (Å²) in [6, 6.07) is 3.65. The fraction of sp³-hybridized carbons (Fsp3) is 0.250. The lowest BCUT2D eigenvalue weighted by atomic mass is 10.1. The van der Waals surface area contributed by atoms with Crippen LogP contribution in [0.5, 0.6) is 0 Å². The van der Waals surface area contributed by atoms with Crippen LogP contribution in [0, 0.1) is 15.9 Å². The largest absolute Gasteiger partial charge is 0.382 e. The number of fused-ring (bicyclic) bond motifs is 1. The molecule has 0 unspecified atom stereocenters. The third-order valence-corrected chi connectivity index (χ3v) is 3.22. The summed E-state index contributed by atoms with van der Waals surface area (Å²) in [6.45, 7) is 0.907. The van der Waals surface area contributed by atoms with Gasteiger partial charge in [-0.15, -0.1) is 0 Å². The van der Waals surface area contributed by atoms with Crippen LogP contribution < -0.4 is 5.73 Å². The molecule has 2 N–H and O–H groups in total. The van der Waals surface area contributed by atoms with Gasteiger partial charge in [0.15, 0.2) is 5.82 Å². The van der Waals surface area contributed by atoms with E-state index in [0.29, 0.717) is 31.1 Å². The number of rotatable bonds is 2. The summed E-state index contributed by atoms with van der Waals surface area (Å²) in [4.78, 5) is 9.85. The summed E-state index contributed by atoms with van der Waals surface area (Å²) in [5, 5.41) is 14.8. The molecule has 0 spiro atoms. The predicted octanol–water partition coefficient (Wildman–Crippen LogP) is 1.57. The van der Waals surface area contributed by atoms with Gasteiger partial charge in [-0.25, -0.2) is 4.68 Å². The molecule has 1 aromatic heterocycles. The van der Waals surface area contributed by atoms with E-state index < -0.39 is 16.4 Å². The summed E-state index contributed by atoms with van der Waals surface area (Å²) < 4.78 is 20.5. The lowest BCUT2D eigenvalue weighted by molar-refractivity contribution is -0.387. The average Bonchev–Trinajstić information content (AvgIpc) is 2.76. The number of nitro benzene ring substituents is 1. The molecule has 0 saturated heterocycles. The van der Waals surface area contributed by atoms with Crippen LogP contribution in [0.3, 0.4) is 0 Å². The van der Waals surface area contributed by atoms with Crippen LogP contribution in [0.4, 0.5) is 15.9 Å². The van der Waals surface area contributed by atoms with Crippen LogP contribution in [-0.2, 0) is 17.8 Å². The van der Waals surface area contributed by atoms with E-state index in [2.05, 4.69) is 5.10 Å². The number of aromatic nitrogens is 2. The Hall–Kier alpha value is -2.48. The van der Waals surface area contributed by atoms with E-state index in [4.69, 9.17) is 10.5 Å². The van der Waals surface area contributed by atoms with Crippen molar-refractivity contribution in [3.05, 3.63) is 45.4 Å². The molecule has 1 aromatic carbocycles. The molecule has 0 bridgehead atoms. The molecule has 0 radical (unpaired) electrons. The number of hydrogen-bond donors (Lipinski definition) is 1. The Balaban J connectivity index is 2.10. The van der Waals surface area contributed by atoms with Crippen molar-refractivity contribution in [1.82, 2.24) is 9.78 Å². The van der Waals surface area contributed by atoms with Crippen molar-refractivity contribution in [1.29, 1.82) is 0 Å². The predicted molar refractivity (Wildman–Crippen MR) is 67.9 cm³/mol. The first-order valence-corrected chi connectivity index (χ1v) is 5.96. The Morgan fingerprint density at radius 3 is 3.00 bits per heavy atom. The molecule has 2 heterocycles. The minimum Gasteiger partial charge on any atom is -0.382 e. The summed E-state index contributed by atoms with van der Waals surface area (Å²) >= 11 is 0. The maximum absolute atomic E-state index is 13.7. The molecule has 20 heavy (non-hydrogen) atoms. The molecule has 0 saturated carbocycles. The number of ether oxygens (including phenoxy) is 1. The van der Waals surface area contributed by atoms with Crippen molar-refractivity contribution < 1.29 is 14.1 Å². The molecule has 0 atom stereocenters. The highest BCUT2D eigenvalue weighted by atomic mass is 19.1. The number of nitrogens with zero attached hydrogens (tertiary/aromatic N) is 3. The van der Waals surface area contributed by atoms with Crippen molar-refractivity contribution >= 4 is 11.5 Å². The Kier molecular flexibility index (Phi) is 2.87. The fourth-order valence-electron chi connectivity index (χ4n) is 2.25. The molecule has 1 aliphatic rings. The smallest absolute Gasteiger partial charge is 0.304 e. The Bertz CT molecular complexity index is 698. The molecule has 104 valence electrons. The molecule has 7 nitrogen and oxygen atoms in total. The summed E-state index contributed by atoms with van der Waals surface area (Å²) in [6.07, 6.45) is 0.609. The number of nitro groups is 1. The van der Waals surface area contributed by atoms with Crippen LogP contribution in [-0.4, -0.2) is 21.3 Å². The first-order chi connectivity index (χ1) is 9.58. The van der Waals surface area contributed by atoms with Crippen LogP contribution in [0.1, 0.15) is 11.3 Å². The maximum atomic E-state index is 13.7. The molecular weight excluding hydrogens is 267 g/mol. The summed E-state index contributed by atoms with van der Waals surface area (Å²) in [5.74, 6) is -0.569. The standard InChI is InChI=1S/C12H11FN4O3/c13-9-5-7(1-2-11(9)17(18)19)16-10-3-4-20-6-8(10)12(14)15-16/h1-2,5H,3-4,6H2,(H2,14,15). The van der Waals surface area contributed by atoms with Gasteiger partial charge >= 0.3 is 5.69 Å². The van der Waals surface area contributed by atoms with Crippen LogP contribution in [0.2, 0.25) is 0 Å². The highest BCUT2D eigenvalue weighted by Crippen LogP contribution is 2.27. The zero-order valence-corrected chi connectivity index (χ0v) is 10.4. The van der Waals surface area contributed by atoms with E-state index in [0.717, 1.165) is 23.4 Å². The quantitative estimate of drug-likeness (QED) is 0.664. The molecular formula is C12H11FN4O3. The first-order valence-electron chi connectivity index (χ1n) is 5.96. The lowest BCUT2D eigenvalue weighted by Gasteiger charge is -2.14. The van der Waals surface area contributed by atoms with Gasteiger partial charge in [-0.3, -0.25) is 10.1 Å². The molecule has 1 aliphatic heterocycles. The Morgan fingerprint density at radius 1 is 1.50 bits per heavy atom. The van der Waals surface area contributed by atoms with Gasteiger partial charge < -0.3 is 10.5 Å². The van der Waals surface area contributed by atoms with Crippen molar-refractivity contribution in [2.75, 3.05) is 12.3 Å². The van der Waals surface area contributed by atoms with Crippen LogP contribution in [0.25, 0.3) is 5.69 Å². The number of benzene rings is 1. The Morgan fingerprint density at radius 2 is 2.30 bits per heavy atom. The minimum atomic E-state index is -0.901. The summed E-state index contributed by atoms with van der Waals surface area (Å²) in [7, 11) is 0. The summed E-state index contributed by atoms with van der Waals surface area (Å²) in [5.41, 5.74) is 7.28. The van der Waals surface area contributed by atoms with Gasteiger partial charge in [0.05, 0.1) is 29.5 Å². The van der Waals surface area contributed by atoms with Crippen molar-refractivity contribution in [2.24, 2.45) is 0 Å². The number of anilines is 1. The van der Waals surface area contributed by atoms with Gasteiger partial charge in [0.1, 0.15) is 0 Å². The zero-order valence-electron chi connectivity index (χ0n) is 10.4. The van der Waals surface area contributed by atoms with Gasteiger partial charge in [-0.1, -0.05) is 0 Å². The zero-order chi connectivity index (χ0) is 14.3. The third kappa shape index (κ3) is 1.90. The van der Waals surface area contributed by atoms with Gasteiger partial charge in [0, 0.05) is 24.1 Å². The molecule has 0 amide bonds. The van der Waals surface area contributed by atoms with E-state index in [1.807, 2.05) is 0 Å². The first kappa shape index (κ1) is 12.5. The minimum absolute atomic E-state index is 0.332. The number of halogens is 1. The molecule has 0 fully saturated rings. The molecule has 3 rings (SSSR count). The normalized spacial score (nSPS) is 14.1. The SMILES string of the molecule is Nc1nn(-c2ccc([N+](=O)[O-])c(F)c2)c2c1COCC2. The van der Waals surface area contributed by atoms with E-state index in [1.165, 1.54) is 10.7 Å². The average molecular weight is 278 g/mol. The van der Waals surface area contributed by atoms with Crippen LogP contribution in [0.15, 0.2) is 18.2 Å². The molecule has 0 aliphatic carbocycles.